The average molecular weight is 307 g/mol. The zero-order valence-corrected chi connectivity index (χ0v) is 13.4. The van der Waals surface area contributed by atoms with Crippen molar-refractivity contribution in [3.05, 3.63) is 21.9 Å². The van der Waals surface area contributed by atoms with Gasteiger partial charge in [0.25, 0.3) is 5.91 Å². The molecule has 0 bridgehead atoms. The molecule has 1 aromatic heterocycles. The van der Waals surface area contributed by atoms with Crippen molar-refractivity contribution in [1.82, 2.24) is 5.32 Å². The van der Waals surface area contributed by atoms with Crippen molar-refractivity contribution in [1.29, 1.82) is 0 Å². The van der Waals surface area contributed by atoms with Gasteiger partial charge in [-0.05, 0) is 25.5 Å². The minimum absolute atomic E-state index is 0.0392. The highest BCUT2D eigenvalue weighted by Gasteiger charge is 2.49. The van der Waals surface area contributed by atoms with Crippen molar-refractivity contribution in [3.63, 3.8) is 0 Å². The Labute approximate surface area is 129 Å². The molecule has 5 heteroatoms. The summed E-state index contributed by atoms with van der Waals surface area (Å²) >= 11 is 1.34. The molecule has 0 spiro atoms. The van der Waals surface area contributed by atoms with E-state index in [1.54, 1.807) is 12.1 Å². The van der Waals surface area contributed by atoms with Crippen LogP contribution in [0.4, 0.5) is 0 Å². The van der Waals surface area contributed by atoms with Gasteiger partial charge in [0.05, 0.1) is 15.9 Å². The fourth-order valence-electron chi connectivity index (χ4n) is 2.50. The van der Waals surface area contributed by atoms with Crippen molar-refractivity contribution >= 4 is 17.2 Å². The van der Waals surface area contributed by atoms with E-state index in [2.05, 4.69) is 31.0 Å². The van der Waals surface area contributed by atoms with Crippen molar-refractivity contribution in [2.45, 2.75) is 39.3 Å². The second kappa shape index (κ2) is 6.61. The summed E-state index contributed by atoms with van der Waals surface area (Å²) in [5, 5.41) is 11.7. The third-order valence-corrected chi connectivity index (χ3v) is 4.97. The SMILES string of the molecule is CCOC1CC(NC(=O)c2ccc(C#CCO)s2)C1(C)C. The molecular formula is C16H21NO3S. The van der Waals surface area contributed by atoms with Crippen molar-refractivity contribution in [2.24, 2.45) is 5.41 Å². The first kappa shape index (κ1) is 16.0. The Morgan fingerprint density at radius 1 is 1.57 bits per heavy atom. The molecule has 0 radical (unpaired) electrons. The molecule has 1 fully saturated rings. The number of carbonyl (C=O) groups excluding carboxylic acids is 1. The van der Waals surface area contributed by atoms with E-state index in [9.17, 15) is 4.79 Å². The van der Waals surface area contributed by atoms with Gasteiger partial charge in [-0.3, -0.25) is 4.79 Å². The van der Waals surface area contributed by atoms with Gasteiger partial charge < -0.3 is 15.2 Å². The molecule has 21 heavy (non-hydrogen) atoms. The second-order valence-electron chi connectivity index (χ2n) is 5.65. The molecule has 2 N–H and O–H groups in total. The van der Waals surface area contributed by atoms with Crippen LogP contribution in [0.3, 0.4) is 0 Å². The van der Waals surface area contributed by atoms with Gasteiger partial charge in [-0.15, -0.1) is 11.3 Å². The Morgan fingerprint density at radius 2 is 2.33 bits per heavy atom. The van der Waals surface area contributed by atoms with Crippen molar-refractivity contribution in [3.8, 4) is 11.8 Å². The molecule has 2 atom stereocenters. The third kappa shape index (κ3) is 3.46. The minimum atomic E-state index is -0.172. The van der Waals surface area contributed by atoms with Crippen LogP contribution in [0.5, 0.6) is 0 Å². The molecule has 4 nitrogen and oxygen atoms in total. The highest BCUT2D eigenvalue weighted by molar-refractivity contribution is 7.14. The van der Waals surface area contributed by atoms with Crippen LogP contribution in [0, 0.1) is 17.3 Å². The van der Waals surface area contributed by atoms with Crippen LogP contribution in [0.1, 0.15) is 41.7 Å². The van der Waals surface area contributed by atoms with E-state index in [1.807, 2.05) is 6.92 Å². The maximum atomic E-state index is 12.2. The molecule has 1 amide bonds. The summed E-state index contributed by atoms with van der Waals surface area (Å²) in [4.78, 5) is 13.7. The van der Waals surface area contributed by atoms with E-state index in [0.717, 1.165) is 11.3 Å². The number of nitrogens with one attached hydrogen (secondary N) is 1. The van der Waals surface area contributed by atoms with E-state index in [4.69, 9.17) is 9.84 Å². The largest absolute Gasteiger partial charge is 0.384 e. The van der Waals surface area contributed by atoms with Gasteiger partial charge in [-0.2, -0.15) is 0 Å². The lowest BCUT2D eigenvalue weighted by molar-refractivity contribution is -0.111. The maximum Gasteiger partial charge on any atom is 0.261 e. The van der Waals surface area contributed by atoms with Gasteiger partial charge in [0.2, 0.25) is 0 Å². The van der Waals surface area contributed by atoms with Crippen LogP contribution in [0.2, 0.25) is 0 Å². The molecule has 0 aliphatic heterocycles. The Bertz CT molecular complexity index is 568. The smallest absolute Gasteiger partial charge is 0.261 e. The molecule has 0 saturated heterocycles. The Balaban J connectivity index is 1.95. The molecule has 1 aliphatic rings. The van der Waals surface area contributed by atoms with Gasteiger partial charge in [0.15, 0.2) is 0 Å². The zero-order valence-electron chi connectivity index (χ0n) is 12.6. The van der Waals surface area contributed by atoms with Crippen molar-refractivity contribution < 1.29 is 14.6 Å². The molecule has 1 aromatic rings. The van der Waals surface area contributed by atoms with E-state index >= 15 is 0 Å². The number of hydrogen-bond donors (Lipinski definition) is 2. The lowest BCUT2D eigenvalue weighted by atomic mass is 9.64. The molecule has 2 unspecified atom stereocenters. The summed E-state index contributed by atoms with van der Waals surface area (Å²) < 4.78 is 5.67. The predicted molar refractivity (Wildman–Crippen MR) is 83.3 cm³/mol. The van der Waals surface area contributed by atoms with Gasteiger partial charge in [0.1, 0.15) is 6.61 Å². The van der Waals surface area contributed by atoms with Gasteiger partial charge in [-0.25, -0.2) is 0 Å². The molecular weight excluding hydrogens is 286 g/mol. The summed E-state index contributed by atoms with van der Waals surface area (Å²) in [5.41, 5.74) is -0.0392. The number of rotatable bonds is 4. The van der Waals surface area contributed by atoms with E-state index in [1.165, 1.54) is 11.3 Å². The Morgan fingerprint density at radius 3 is 2.95 bits per heavy atom. The standard InChI is InChI=1S/C16H21NO3S/c1-4-20-14-10-13(16(14,2)3)17-15(19)12-8-7-11(21-12)6-5-9-18/h7-8,13-14,18H,4,9-10H2,1-3H3,(H,17,19). The van der Waals surface area contributed by atoms with Gasteiger partial charge >= 0.3 is 0 Å². The van der Waals surface area contributed by atoms with Crippen molar-refractivity contribution in [2.75, 3.05) is 13.2 Å². The number of carbonyl (C=O) groups is 1. The molecule has 114 valence electrons. The normalized spacial score (nSPS) is 22.9. The Hall–Kier alpha value is -1.35. The van der Waals surface area contributed by atoms with Crippen LogP contribution < -0.4 is 5.32 Å². The highest BCUT2D eigenvalue weighted by Crippen LogP contribution is 2.42. The molecule has 0 aromatic carbocycles. The number of hydrogen-bond acceptors (Lipinski definition) is 4. The van der Waals surface area contributed by atoms with E-state index in [0.29, 0.717) is 11.5 Å². The summed E-state index contributed by atoms with van der Waals surface area (Å²) in [6.07, 6.45) is 1.07. The number of ether oxygens (including phenoxy) is 1. The number of thiophene rings is 1. The predicted octanol–water partition coefficient (Wildman–Crippen LogP) is 2.03. The third-order valence-electron chi connectivity index (χ3n) is 3.97. The lowest BCUT2D eigenvalue weighted by Gasteiger charge is -2.51. The first-order valence-corrected chi connectivity index (χ1v) is 7.92. The Kier molecular flexibility index (Phi) is 5.04. The van der Waals surface area contributed by atoms with Crippen LogP contribution in [0.25, 0.3) is 0 Å². The number of aliphatic hydroxyl groups is 1. The summed E-state index contributed by atoms with van der Waals surface area (Å²) in [5.74, 6) is 5.33. The number of aliphatic hydroxyl groups excluding tert-OH is 1. The molecule has 1 saturated carbocycles. The van der Waals surface area contributed by atoms with Crippen LogP contribution >= 0.6 is 11.3 Å². The first-order chi connectivity index (χ1) is 9.98. The summed E-state index contributed by atoms with van der Waals surface area (Å²) in [6.45, 7) is 6.76. The van der Waals surface area contributed by atoms with Gasteiger partial charge in [-0.1, -0.05) is 25.7 Å². The fourth-order valence-corrected chi connectivity index (χ4v) is 3.28. The van der Waals surface area contributed by atoms with Crippen LogP contribution in [-0.2, 0) is 4.74 Å². The zero-order chi connectivity index (χ0) is 15.5. The van der Waals surface area contributed by atoms with E-state index < -0.39 is 0 Å². The summed E-state index contributed by atoms with van der Waals surface area (Å²) in [6, 6.07) is 3.71. The lowest BCUT2D eigenvalue weighted by Crippen LogP contribution is -2.62. The average Bonchev–Trinajstić information content (AvgIpc) is 2.92. The molecule has 2 rings (SSSR count). The number of amides is 1. The van der Waals surface area contributed by atoms with Crippen LogP contribution in [-0.4, -0.2) is 36.4 Å². The second-order valence-corrected chi connectivity index (χ2v) is 6.73. The minimum Gasteiger partial charge on any atom is -0.384 e. The topological polar surface area (TPSA) is 58.6 Å². The fraction of sp³-hybridized carbons (Fsp3) is 0.562. The van der Waals surface area contributed by atoms with E-state index in [-0.39, 0.29) is 30.1 Å². The summed E-state index contributed by atoms with van der Waals surface area (Å²) in [7, 11) is 0. The quantitative estimate of drug-likeness (QED) is 0.837. The maximum absolute atomic E-state index is 12.2. The molecule has 1 heterocycles. The monoisotopic (exact) mass is 307 g/mol. The highest BCUT2D eigenvalue weighted by atomic mass is 32.1. The first-order valence-electron chi connectivity index (χ1n) is 7.11. The van der Waals surface area contributed by atoms with Crippen LogP contribution in [0.15, 0.2) is 12.1 Å². The van der Waals surface area contributed by atoms with Gasteiger partial charge in [0, 0.05) is 18.1 Å². The molecule has 1 aliphatic carbocycles.